The zero-order valence-electron chi connectivity index (χ0n) is 55.0. The number of rotatable bonds is 23. The van der Waals surface area contributed by atoms with Crippen molar-refractivity contribution in [2.24, 2.45) is 10.3 Å². The minimum absolute atomic E-state index is 0.0113. The van der Waals surface area contributed by atoms with Gasteiger partial charge in [0.1, 0.15) is 5.71 Å². The number of Topliss-reactive ketones (excluding diaryl/α,β-unsaturated/α-hetero) is 2. The summed E-state index contributed by atoms with van der Waals surface area (Å²) < 4.78 is 65.6. The van der Waals surface area contributed by atoms with Gasteiger partial charge in [-0.25, -0.2) is 9.86 Å². The van der Waals surface area contributed by atoms with E-state index in [0.717, 1.165) is 38.2 Å². The van der Waals surface area contributed by atoms with E-state index in [2.05, 4.69) is 143 Å². The molecule has 1 amide bonds. The lowest BCUT2D eigenvalue weighted by Gasteiger charge is -2.17. The Kier molecular flexibility index (Phi) is 40.1. The first kappa shape index (κ1) is 86.0. The fourth-order valence-electron chi connectivity index (χ4n) is 8.18. The molecule has 0 atom stereocenters. The zero-order valence-corrected chi connectivity index (χ0v) is 67.7. The molecule has 0 aromatic heterocycles. The number of alkyl halides is 2. The molecule has 0 aliphatic carbocycles. The summed E-state index contributed by atoms with van der Waals surface area (Å²) in [7, 11) is 21.4. The fraction of sp³-hybridized carbons (Fsp3) is 0.344. The van der Waals surface area contributed by atoms with E-state index < -0.39 is 5.97 Å². The number of hydrogen-bond acceptors (Lipinski definition) is 22. The van der Waals surface area contributed by atoms with Crippen LogP contribution in [0, 0.1) is 0 Å². The molecule has 1 heterocycles. The van der Waals surface area contributed by atoms with Crippen LogP contribution in [0.5, 0.6) is 69.0 Å². The SMILES string of the molecule is COc1cc(Br)c(/C(CBr)=N\O)cc1OC.COc1cc(Br)c(/C(CN2CCCC2)=N\O)cc1OC.COc1cc(Br)c(C(=O)CBr)cc1OC.COc1cc(Br)c(C(=O)N(C)OC)cc1OC.COc1cc(Br)c(C(=O)O)cc1OC.COc1cc(Br)c(C(C)=O)cc1OC. The van der Waals surface area contributed by atoms with E-state index in [4.69, 9.17) is 72.0 Å². The lowest BCUT2D eigenvalue weighted by Crippen LogP contribution is -2.27. The van der Waals surface area contributed by atoms with Gasteiger partial charge in [0.2, 0.25) is 0 Å². The molecular weight excluding hydrogens is 1780 g/mol. The van der Waals surface area contributed by atoms with Gasteiger partial charge in [-0.1, -0.05) is 42.2 Å². The Hall–Kier alpha value is -6.10. The first-order valence-electron chi connectivity index (χ1n) is 27.6. The summed E-state index contributed by atoms with van der Waals surface area (Å²) in [6, 6.07) is 20.2. The molecule has 6 aromatic rings. The Morgan fingerprint density at radius 3 is 0.958 bits per heavy atom. The summed E-state index contributed by atoms with van der Waals surface area (Å²) in [6.45, 7) is 4.23. The highest BCUT2D eigenvalue weighted by Crippen LogP contribution is 2.39. The number of ketones is 2. The van der Waals surface area contributed by atoms with Crippen LogP contribution in [0.2, 0.25) is 0 Å². The monoisotopic (exact) mass is 1850 g/mol. The Bertz CT molecular complexity index is 3560. The van der Waals surface area contributed by atoms with Gasteiger partial charge < -0.3 is 72.4 Å². The lowest BCUT2D eigenvalue weighted by molar-refractivity contribution is -0.0757. The molecule has 24 nitrogen and oxygen atoms in total. The highest BCUT2D eigenvalue weighted by molar-refractivity contribution is 9.11. The second kappa shape index (κ2) is 44.7. The molecule has 32 heteroatoms. The molecule has 6 aromatic carbocycles. The van der Waals surface area contributed by atoms with Crippen LogP contribution in [0.15, 0.2) is 110 Å². The molecule has 3 N–H and O–H groups in total. The Labute approximate surface area is 625 Å². The van der Waals surface area contributed by atoms with Crippen LogP contribution in [0.25, 0.3) is 0 Å². The van der Waals surface area contributed by atoms with E-state index in [1.165, 1.54) is 82.6 Å². The first-order chi connectivity index (χ1) is 45.7. The van der Waals surface area contributed by atoms with Crippen molar-refractivity contribution in [2.75, 3.05) is 130 Å². The second-order valence-corrected chi connectivity index (χ2v) is 25.0. The Balaban J connectivity index is 0.000000394. The number of carboxylic acids is 1. The van der Waals surface area contributed by atoms with Crippen molar-refractivity contribution >= 4 is 162 Å². The minimum Gasteiger partial charge on any atom is -0.493 e. The van der Waals surface area contributed by atoms with Crippen molar-refractivity contribution in [1.29, 1.82) is 0 Å². The maximum absolute atomic E-state index is 11.9. The number of carbonyl (C=O) groups is 4. The number of aromatic carboxylic acids is 1. The van der Waals surface area contributed by atoms with Gasteiger partial charge >= 0.3 is 5.97 Å². The van der Waals surface area contributed by atoms with E-state index in [1.807, 2.05) is 12.1 Å². The molecule has 0 saturated carbocycles. The molecule has 0 bridgehead atoms. The van der Waals surface area contributed by atoms with Gasteiger partial charge in [0, 0.05) is 68.0 Å². The number of halogens is 8. The predicted molar refractivity (Wildman–Crippen MR) is 394 cm³/mol. The Morgan fingerprint density at radius 1 is 0.406 bits per heavy atom. The number of benzene rings is 6. The Morgan fingerprint density at radius 2 is 0.667 bits per heavy atom. The number of ether oxygens (including phenoxy) is 12. The number of hydrogen-bond donors (Lipinski definition) is 3. The van der Waals surface area contributed by atoms with Crippen molar-refractivity contribution in [1.82, 2.24) is 9.96 Å². The second-order valence-electron chi connectivity index (χ2n) is 18.7. The van der Waals surface area contributed by atoms with Gasteiger partial charge in [-0.15, -0.1) is 0 Å². The minimum atomic E-state index is -1.02. The van der Waals surface area contributed by atoms with Crippen LogP contribution in [-0.4, -0.2) is 190 Å². The number of hydroxylamine groups is 2. The van der Waals surface area contributed by atoms with Crippen LogP contribution in [0.4, 0.5) is 0 Å². The number of amides is 1. The number of oxime groups is 2. The molecule has 1 fully saturated rings. The van der Waals surface area contributed by atoms with E-state index in [9.17, 15) is 24.4 Å². The number of likely N-dealkylation sites (tertiary alicyclic amines) is 1. The molecule has 7 rings (SSSR count). The third-order valence-electron chi connectivity index (χ3n) is 13.2. The summed E-state index contributed by atoms with van der Waals surface area (Å²) in [5.74, 6) is 5.37. The molecule has 0 unspecified atom stereocenters. The quantitative estimate of drug-likeness (QED) is 0.0177. The molecule has 1 saturated heterocycles. The van der Waals surface area contributed by atoms with Crippen molar-refractivity contribution in [3.8, 4) is 69.0 Å². The summed E-state index contributed by atoms with van der Waals surface area (Å²) >= 11 is 26.3. The fourth-order valence-corrected chi connectivity index (χ4v) is 12.1. The molecule has 1 aliphatic rings. The predicted octanol–water partition coefficient (Wildman–Crippen LogP) is 15.8. The van der Waals surface area contributed by atoms with Gasteiger partial charge in [-0.2, -0.15) is 0 Å². The molecule has 1 aliphatic heterocycles. The van der Waals surface area contributed by atoms with Crippen molar-refractivity contribution in [3.63, 3.8) is 0 Å². The first-order valence-corrected chi connectivity index (χ1v) is 34.6. The molecule has 96 heavy (non-hydrogen) atoms. The van der Waals surface area contributed by atoms with Gasteiger partial charge in [0.15, 0.2) is 80.6 Å². The largest absolute Gasteiger partial charge is 0.493 e. The third-order valence-corrected chi connectivity index (χ3v) is 18.2. The smallest absolute Gasteiger partial charge is 0.336 e. The summed E-state index contributed by atoms with van der Waals surface area (Å²) in [5, 5.41) is 35.5. The maximum Gasteiger partial charge on any atom is 0.336 e. The summed E-state index contributed by atoms with van der Waals surface area (Å²) in [6.07, 6.45) is 2.40. The standard InChI is InChI=1S/C14H19BrN2O3.C11H14BrNO4.C10H11Br2NO3.C10H10Br2O3.C10H11BrO3.C9H9BrO4/c1-19-13-7-10(11(15)8-14(13)20-2)12(16-18)9-17-5-3-4-6-17;1-13(17-4)11(14)7-5-9(15-2)10(16-3)6-8(7)12;1-15-9-3-6(8(5-11)13-14)7(12)4-10(9)16-2;1-14-9-3-6(8(13)5-11)7(12)4-10(9)15-2;1-6(12)7-4-9(13-2)10(14-3)5-8(7)11;1-13-7-3-5(9(11)12)6(10)4-8(7)14-2/h7-8,18H,3-6,9H2,1-2H3;5-6H,1-4H3;3-4,14H,5H2,1-2H3;3-4H,5H2,1-2H3;4-5H,1-3H3;3-4H,1-2H3,(H,11,12)/b16-12-;;13-8-;;;. The maximum atomic E-state index is 11.9. The van der Waals surface area contributed by atoms with E-state index >= 15 is 0 Å². The van der Waals surface area contributed by atoms with Crippen LogP contribution in [0.3, 0.4) is 0 Å². The topological polar surface area (TPSA) is 280 Å². The highest BCUT2D eigenvalue weighted by atomic mass is 79.9. The molecule has 0 radical (unpaired) electrons. The van der Waals surface area contributed by atoms with Crippen LogP contribution >= 0.6 is 127 Å². The average Bonchev–Trinajstić information content (AvgIpc) is 1.18. The van der Waals surface area contributed by atoms with Gasteiger partial charge in [0.05, 0.1) is 115 Å². The number of methoxy groups -OCH3 is 12. The lowest BCUT2D eigenvalue weighted by atomic mass is 10.1. The van der Waals surface area contributed by atoms with E-state index in [0.29, 0.717) is 127 Å². The van der Waals surface area contributed by atoms with Gasteiger partial charge in [-0.3, -0.25) is 24.1 Å². The molecule has 526 valence electrons. The van der Waals surface area contributed by atoms with Gasteiger partial charge in [0.25, 0.3) is 5.91 Å². The number of carboxylic acid groups (broad SMARTS) is 1. The van der Waals surface area contributed by atoms with E-state index in [-0.39, 0.29) is 28.4 Å². The normalized spacial score (nSPS) is 11.4. The third kappa shape index (κ3) is 25.0. The van der Waals surface area contributed by atoms with Crippen molar-refractivity contribution in [2.45, 2.75) is 19.8 Å². The highest BCUT2D eigenvalue weighted by Gasteiger charge is 2.22. The number of nitrogens with zero attached hydrogens (tertiary/aromatic N) is 4. The zero-order chi connectivity index (χ0) is 72.5. The van der Waals surface area contributed by atoms with Crippen molar-refractivity contribution in [3.05, 3.63) is 133 Å². The van der Waals surface area contributed by atoms with Crippen molar-refractivity contribution < 1.29 is 96.4 Å². The summed E-state index contributed by atoms with van der Waals surface area (Å²) in [4.78, 5) is 52.6. The average molecular weight is 1860 g/mol. The van der Waals surface area contributed by atoms with Gasteiger partial charge in [-0.05, 0) is 201 Å². The van der Waals surface area contributed by atoms with Crippen LogP contribution in [-0.2, 0) is 4.84 Å². The number of carbonyl (C=O) groups excluding carboxylic acids is 3. The van der Waals surface area contributed by atoms with Crippen LogP contribution < -0.4 is 56.8 Å². The van der Waals surface area contributed by atoms with Crippen LogP contribution in [0.1, 0.15) is 72.3 Å². The van der Waals surface area contributed by atoms with E-state index in [1.54, 1.807) is 97.3 Å². The molecule has 0 spiro atoms. The summed E-state index contributed by atoms with van der Waals surface area (Å²) in [5.41, 5.74) is 4.43. The molecular formula is C64H74Br8N4O20.